The monoisotopic (exact) mass is 343 g/mol. The third-order valence-electron chi connectivity index (χ3n) is 3.82. The molecule has 4 N–H and O–H groups in total. The summed E-state index contributed by atoms with van der Waals surface area (Å²) in [5.74, 6) is -0.267. The van der Waals surface area contributed by atoms with Gasteiger partial charge in [-0.25, -0.2) is 0 Å². The SMILES string of the molecule is N=CC(=CN)c1ccncc1/C=C/C(=O)Nc1ccc2ccncc2c1. The van der Waals surface area contributed by atoms with Crippen LogP contribution in [-0.4, -0.2) is 22.1 Å². The lowest BCUT2D eigenvalue weighted by Gasteiger charge is -2.06. The molecule has 0 atom stereocenters. The number of amides is 1. The van der Waals surface area contributed by atoms with E-state index in [1.54, 1.807) is 36.9 Å². The van der Waals surface area contributed by atoms with Crippen molar-refractivity contribution < 1.29 is 4.79 Å². The number of benzene rings is 1. The Morgan fingerprint density at radius 2 is 1.88 bits per heavy atom. The molecule has 2 aromatic heterocycles. The standard InChI is InChI=1S/C20H17N5O/c21-10-17(11-22)19-6-8-24-12-15(19)2-4-20(26)25-18-3-1-14-5-7-23-13-16(14)9-18/h1-13,21H,22H2,(H,25,26)/b4-2+,17-11?,21-10?. The van der Waals surface area contributed by atoms with Crippen LogP contribution in [0.5, 0.6) is 0 Å². The van der Waals surface area contributed by atoms with Gasteiger partial charge in [0.2, 0.25) is 5.91 Å². The number of aromatic nitrogens is 2. The van der Waals surface area contributed by atoms with Crippen LogP contribution in [0.15, 0.2) is 67.4 Å². The molecule has 0 aliphatic carbocycles. The number of fused-ring (bicyclic) bond motifs is 1. The summed E-state index contributed by atoms with van der Waals surface area (Å²) in [6.07, 6.45) is 12.3. The van der Waals surface area contributed by atoms with E-state index in [1.807, 2.05) is 24.3 Å². The average Bonchev–Trinajstić information content (AvgIpc) is 2.68. The van der Waals surface area contributed by atoms with Gasteiger partial charge in [-0.3, -0.25) is 14.8 Å². The quantitative estimate of drug-likeness (QED) is 0.488. The Balaban J connectivity index is 1.78. The molecule has 6 nitrogen and oxygen atoms in total. The van der Waals surface area contributed by atoms with Crippen LogP contribution in [0.4, 0.5) is 5.69 Å². The smallest absolute Gasteiger partial charge is 0.248 e. The zero-order chi connectivity index (χ0) is 18.4. The summed E-state index contributed by atoms with van der Waals surface area (Å²) in [4.78, 5) is 20.4. The molecule has 0 aliphatic heterocycles. The van der Waals surface area contributed by atoms with Crippen LogP contribution in [0.2, 0.25) is 0 Å². The van der Waals surface area contributed by atoms with Gasteiger partial charge < -0.3 is 16.5 Å². The lowest BCUT2D eigenvalue weighted by Crippen LogP contribution is -2.07. The van der Waals surface area contributed by atoms with Crippen molar-refractivity contribution >= 4 is 40.2 Å². The molecule has 0 saturated carbocycles. The summed E-state index contributed by atoms with van der Waals surface area (Å²) in [5.41, 5.74) is 8.22. The summed E-state index contributed by atoms with van der Waals surface area (Å²) in [7, 11) is 0. The van der Waals surface area contributed by atoms with Crippen LogP contribution >= 0.6 is 0 Å². The molecule has 3 rings (SSSR count). The average molecular weight is 343 g/mol. The summed E-state index contributed by atoms with van der Waals surface area (Å²) in [6.45, 7) is 0. The minimum atomic E-state index is -0.267. The second-order valence-electron chi connectivity index (χ2n) is 5.49. The minimum absolute atomic E-state index is 0.267. The number of nitrogens with one attached hydrogen (secondary N) is 2. The molecule has 26 heavy (non-hydrogen) atoms. The highest BCUT2D eigenvalue weighted by molar-refractivity contribution is 6.10. The molecule has 1 aromatic carbocycles. The molecule has 0 unspecified atom stereocenters. The molecule has 6 heteroatoms. The summed E-state index contributed by atoms with van der Waals surface area (Å²) >= 11 is 0. The summed E-state index contributed by atoms with van der Waals surface area (Å²) in [6, 6.07) is 9.30. The molecule has 0 bridgehead atoms. The van der Waals surface area contributed by atoms with Crippen molar-refractivity contribution in [3.8, 4) is 0 Å². The lowest BCUT2D eigenvalue weighted by molar-refractivity contribution is -0.111. The number of hydrogen-bond acceptors (Lipinski definition) is 5. The molecule has 0 saturated heterocycles. The van der Waals surface area contributed by atoms with E-state index in [0.717, 1.165) is 22.6 Å². The molecule has 3 aromatic rings. The Labute approximate surface area is 150 Å². The van der Waals surface area contributed by atoms with Crippen molar-refractivity contribution in [1.82, 2.24) is 9.97 Å². The molecule has 0 fully saturated rings. The van der Waals surface area contributed by atoms with Crippen molar-refractivity contribution in [2.45, 2.75) is 0 Å². The fourth-order valence-corrected chi connectivity index (χ4v) is 2.53. The van der Waals surface area contributed by atoms with E-state index < -0.39 is 0 Å². The van der Waals surface area contributed by atoms with Crippen LogP contribution in [0, 0.1) is 5.41 Å². The topological polar surface area (TPSA) is 105 Å². The van der Waals surface area contributed by atoms with Gasteiger partial charge in [-0.1, -0.05) is 6.07 Å². The van der Waals surface area contributed by atoms with Crippen molar-refractivity contribution in [3.63, 3.8) is 0 Å². The van der Waals surface area contributed by atoms with E-state index >= 15 is 0 Å². The van der Waals surface area contributed by atoms with Gasteiger partial charge in [0, 0.05) is 65.5 Å². The van der Waals surface area contributed by atoms with Crippen molar-refractivity contribution in [1.29, 1.82) is 5.41 Å². The van der Waals surface area contributed by atoms with E-state index in [1.165, 1.54) is 12.3 Å². The predicted octanol–water partition coefficient (Wildman–Crippen LogP) is 3.23. The highest BCUT2D eigenvalue weighted by atomic mass is 16.1. The van der Waals surface area contributed by atoms with Crippen LogP contribution in [0.3, 0.4) is 0 Å². The first-order valence-electron chi connectivity index (χ1n) is 7.91. The molecular weight excluding hydrogens is 326 g/mol. The second-order valence-corrected chi connectivity index (χ2v) is 5.49. The Hall–Kier alpha value is -3.80. The number of nitrogens with two attached hydrogens (primary N) is 1. The Morgan fingerprint density at radius 1 is 1.08 bits per heavy atom. The normalized spacial score (nSPS) is 11.6. The van der Waals surface area contributed by atoms with Crippen LogP contribution in [0.1, 0.15) is 11.1 Å². The van der Waals surface area contributed by atoms with E-state index in [4.69, 9.17) is 11.1 Å². The summed E-state index contributed by atoms with van der Waals surface area (Å²) < 4.78 is 0. The molecular formula is C20H17N5O. The number of nitrogens with zero attached hydrogens (tertiary/aromatic N) is 2. The number of carbonyl (C=O) groups excluding carboxylic acids is 1. The third kappa shape index (κ3) is 3.81. The number of allylic oxidation sites excluding steroid dienone is 1. The number of carbonyl (C=O) groups is 1. The van der Waals surface area contributed by atoms with E-state index in [-0.39, 0.29) is 5.91 Å². The van der Waals surface area contributed by atoms with E-state index in [2.05, 4.69) is 15.3 Å². The number of hydrogen-bond donors (Lipinski definition) is 3. The van der Waals surface area contributed by atoms with Gasteiger partial charge in [0.25, 0.3) is 0 Å². The van der Waals surface area contributed by atoms with Gasteiger partial charge in [0.05, 0.1) is 0 Å². The zero-order valence-corrected chi connectivity index (χ0v) is 13.9. The van der Waals surface area contributed by atoms with Gasteiger partial charge in [-0.2, -0.15) is 0 Å². The first-order valence-corrected chi connectivity index (χ1v) is 7.91. The second kappa shape index (κ2) is 7.85. The summed E-state index contributed by atoms with van der Waals surface area (Å²) in [5, 5.41) is 12.3. The first kappa shape index (κ1) is 17.0. The van der Waals surface area contributed by atoms with Crippen LogP contribution in [0.25, 0.3) is 22.4 Å². The van der Waals surface area contributed by atoms with Crippen molar-refractivity contribution in [2.24, 2.45) is 5.73 Å². The lowest BCUT2D eigenvalue weighted by atomic mass is 10.0. The van der Waals surface area contributed by atoms with E-state index in [0.29, 0.717) is 16.8 Å². The van der Waals surface area contributed by atoms with Crippen molar-refractivity contribution in [3.05, 3.63) is 78.5 Å². The van der Waals surface area contributed by atoms with Gasteiger partial charge in [-0.15, -0.1) is 0 Å². The Bertz CT molecular complexity index is 1020. The highest BCUT2D eigenvalue weighted by Gasteiger charge is 2.05. The maximum atomic E-state index is 12.2. The predicted molar refractivity (Wildman–Crippen MR) is 105 cm³/mol. The van der Waals surface area contributed by atoms with Crippen LogP contribution in [-0.2, 0) is 4.79 Å². The first-order chi connectivity index (χ1) is 12.7. The maximum absolute atomic E-state index is 12.2. The van der Waals surface area contributed by atoms with Gasteiger partial charge in [0.15, 0.2) is 0 Å². The van der Waals surface area contributed by atoms with Gasteiger partial charge >= 0.3 is 0 Å². The Morgan fingerprint density at radius 3 is 2.69 bits per heavy atom. The van der Waals surface area contributed by atoms with E-state index in [9.17, 15) is 4.79 Å². The molecule has 1 amide bonds. The van der Waals surface area contributed by atoms with Crippen molar-refractivity contribution in [2.75, 3.05) is 5.32 Å². The van der Waals surface area contributed by atoms with Gasteiger partial charge in [0.1, 0.15) is 0 Å². The molecule has 0 radical (unpaired) electrons. The fraction of sp³-hybridized carbons (Fsp3) is 0. The minimum Gasteiger partial charge on any atom is -0.404 e. The number of pyridine rings is 2. The molecule has 128 valence electrons. The molecule has 2 heterocycles. The van der Waals surface area contributed by atoms with Gasteiger partial charge in [-0.05, 0) is 41.3 Å². The largest absolute Gasteiger partial charge is 0.404 e. The highest BCUT2D eigenvalue weighted by Crippen LogP contribution is 2.19. The maximum Gasteiger partial charge on any atom is 0.248 e. The molecule has 0 spiro atoms. The zero-order valence-electron chi connectivity index (χ0n) is 13.9. The Kier molecular flexibility index (Phi) is 5.14. The molecule has 0 aliphatic rings. The third-order valence-corrected chi connectivity index (χ3v) is 3.82. The number of anilines is 1. The van der Waals surface area contributed by atoms with Crippen LogP contribution < -0.4 is 11.1 Å². The fourth-order valence-electron chi connectivity index (χ4n) is 2.53. The number of rotatable bonds is 5.